The van der Waals surface area contributed by atoms with Gasteiger partial charge in [-0.25, -0.2) is 18.9 Å². The lowest BCUT2D eigenvalue weighted by molar-refractivity contribution is 0.0462. The molecule has 33 heavy (non-hydrogen) atoms. The van der Waals surface area contributed by atoms with Crippen LogP contribution in [-0.2, 0) is 4.74 Å². The number of halogens is 2. The number of ketones is 1. The standard InChI is InChI=1S/C25H19ClFN3O3/c1-15-4-3-5-21(16(15)2)30-24(18-8-12-20(27)13-9-18)28-23(29-30)25(32)33-14-22(31)17-6-10-19(26)11-7-17/h3-13H,14H2,1-2H3. The first kappa shape index (κ1) is 22.4. The Labute approximate surface area is 194 Å². The minimum absolute atomic E-state index is 0.209. The summed E-state index contributed by atoms with van der Waals surface area (Å²) in [7, 11) is 0. The number of aromatic nitrogens is 3. The Kier molecular flexibility index (Phi) is 6.33. The van der Waals surface area contributed by atoms with Gasteiger partial charge in [-0.1, -0.05) is 23.7 Å². The summed E-state index contributed by atoms with van der Waals surface area (Å²) in [6, 6.07) is 17.7. The van der Waals surface area contributed by atoms with Gasteiger partial charge in [0.15, 0.2) is 18.2 Å². The molecule has 0 fully saturated rings. The predicted octanol–water partition coefficient (Wildman–Crippen LogP) is 5.38. The van der Waals surface area contributed by atoms with Gasteiger partial charge in [-0.3, -0.25) is 4.79 Å². The number of nitrogens with zero attached hydrogens (tertiary/aromatic N) is 3. The maximum Gasteiger partial charge on any atom is 0.378 e. The smallest absolute Gasteiger partial charge is 0.378 e. The SMILES string of the molecule is Cc1cccc(-n2nc(C(=O)OCC(=O)c3ccc(Cl)cc3)nc2-c2ccc(F)cc2)c1C. The molecule has 1 aromatic heterocycles. The zero-order valence-corrected chi connectivity index (χ0v) is 18.6. The fourth-order valence-electron chi connectivity index (χ4n) is 3.23. The third kappa shape index (κ3) is 4.83. The van der Waals surface area contributed by atoms with Crippen LogP contribution >= 0.6 is 11.6 Å². The van der Waals surface area contributed by atoms with Gasteiger partial charge in [-0.2, -0.15) is 0 Å². The van der Waals surface area contributed by atoms with Crippen LogP contribution in [0, 0.1) is 19.7 Å². The largest absolute Gasteiger partial charge is 0.451 e. The first-order chi connectivity index (χ1) is 15.8. The molecule has 166 valence electrons. The van der Waals surface area contributed by atoms with E-state index < -0.39 is 18.4 Å². The number of hydrogen-bond acceptors (Lipinski definition) is 5. The zero-order valence-electron chi connectivity index (χ0n) is 17.9. The molecular formula is C25H19ClFN3O3. The summed E-state index contributed by atoms with van der Waals surface area (Å²) in [6.07, 6.45) is 0. The number of aryl methyl sites for hydroxylation is 1. The number of hydrogen-bond donors (Lipinski definition) is 0. The molecule has 0 radical (unpaired) electrons. The van der Waals surface area contributed by atoms with Crippen molar-refractivity contribution in [1.29, 1.82) is 0 Å². The average Bonchev–Trinajstić information content (AvgIpc) is 3.25. The van der Waals surface area contributed by atoms with Crippen LogP contribution in [0.15, 0.2) is 66.7 Å². The molecule has 4 aromatic rings. The van der Waals surface area contributed by atoms with E-state index in [0.717, 1.165) is 16.8 Å². The number of esters is 1. The summed E-state index contributed by atoms with van der Waals surface area (Å²) in [4.78, 5) is 29.3. The van der Waals surface area contributed by atoms with E-state index in [9.17, 15) is 14.0 Å². The molecule has 0 unspecified atom stereocenters. The quantitative estimate of drug-likeness (QED) is 0.283. The molecule has 1 heterocycles. The second kappa shape index (κ2) is 9.34. The van der Waals surface area contributed by atoms with Crippen molar-refractivity contribution >= 4 is 23.4 Å². The van der Waals surface area contributed by atoms with Gasteiger partial charge in [0.05, 0.1) is 5.69 Å². The molecule has 0 bridgehead atoms. The molecule has 0 amide bonds. The van der Waals surface area contributed by atoms with Gasteiger partial charge in [0.1, 0.15) is 5.82 Å². The summed E-state index contributed by atoms with van der Waals surface area (Å²) < 4.78 is 20.1. The molecule has 0 atom stereocenters. The molecule has 0 spiro atoms. The van der Waals surface area contributed by atoms with E-state index in [4.69, 9.17) is 16.3 Å². The van der Waals surface area contributed by atoms with Crippen LogP contribution in [0.2, 0.25) is 5.02 Å². The molecule has 0 saturated heterocycles. The molecular weight excluding hydrogens is 445 g/mol. The molecule has 0 aliphatic heterocycles. The van der Waals surface area contributed by atoms with Crippen LogP contribution in [0.4, 0.5) is 4.39 Å². The normalized spacial score (nSPS) is 10.8. The van der Waals surface area contributed by atoms with Crippen molar-refractivity contribution in [2.24, 2.45) is 0 Å². The Bertz CT molecular complexity index is 1330. The highest BCUT2D eigenvalue weighted by Gasteiger charge is 2.22. The van der Waals surface area contributed by atoms with E-state index in [1.54, 1.807) is 36.4 Å². The molecule has 0 aliphatic carbocycles. The second-order valence-electron chi connectivity index (χ2n) is 7.40. The molecule has 8 heteroatoms. The van der Waals surface area contributed by atoms with Gasteiger partial charge >= 0.3 is 5.97 Å². The van der Waals surface area contributed by atoms with Crippen molar-refractivity contribution < 1.29 is 18.7 Å². The zero-order chi connectivity index (χ0) is 23.5. The fraction of sp³-hybridized carbons (Fsp3) is 0.120. The van der Waals surface area contributed by atoms with Gasteiger partial charge < -0.3 is 4.74 Å². The lowest BCUT2D eigenvalue weighted by Crippen LogP contribution is -2.15. The van der Waals surface area contributed by atoms with Crippen molar-refractivity contribution in [2.45, 2.75) is 13.8 Å². The molecule has 0 aliphatic rings. The van der Waals surface area contributed by atoms with Crippen molar-refractivity contribution in [1.82, 2.24) is 14.8 Å². The van der Waals surface area contributed by atoms with Crippen LogP contribution in [-0.4, -0.2) is 33.1 Å². The van der Waals surface area contributed by atoms with Crippen LogP contribution < -0.4 is 0 Å². The fourth-order valence-corrected chi connectivity index (χ4v) is 3.36. The van der Waals surface area contributed by atoms with Gasteiger partial charge in [0.2, 0.25) is 0 Å². The van der Waals surface area contributed by atoms with Gasteiger partial charge in [-0.15, -0.1) is 5.10 Å². The Hall–Kier alpha value is -3.84. The lowest BCUT2D eigenvalue weighted by atomic mass is 10.1. The van der Waals surface area contributed by atoms with Crippen LogP contribution in [0.3, 0.4) is 0 Å². The second-order valence-corrected chi connectivity index (χ2v) is 7.84. The molecule has 6 nitrogen and oxygen atoms in total. The van der Waals surface area contributed by atoms with Gasteiger partial charge in [0.25, 0.3) is 5.82 Å². The number of ether oxygens (including phenoxy) is 1. The van der Waals surface area contributed by atoms with Crippen LogP contribution in [0.25, 0.3) is 17.1 Å². The first-order valence-corrected chi connectivity index (χ1v) is 10.5. The summed E-state index contributed by atoms with van der Waals surface area (Å²) in [5, 5.41) is 4.85. The number of carbonyl (C=O) groups is 2. The third-order valence-electron chi connectivity index (χ3n) is 5.20. The number of benzene rings is 3. The Morgan fingerprint density at radius 1 is 1.00 bits per heavy atom. The van der Waals surface area contributed by atoms with E-state index in [2.05, 4.69) is 10.1 Å². The van der Waals surface area contributed by atoms with Gasteiger partial charge in [-0.05, 0) is 79.6 Å². The van der Waals surface area contributed by atoms with Gasteiger partial charge in [0, 0.05) is 16.1 Å². The van der Waals surface area contributed by atoms with Crippen LogP contribution in [0.1, 0.15) is 32.1 Å². The van der Waals surface area contributed by atoms with E-state index in [1.807, 2.05) is 32.0 Å². The van der Waals surface area contributed by atoms with E-state index in [-0.39, 0.29) is 11.6 Å². The lowest BCUT2D eigenvalue weighted by Gasteiger charge is -2.11. The Morgan fingerprint density at radius 3 is 2.39 bits per heavy atom. The first-order valence-electron chi connectivity index (χ1n) is 10.1. The molecule has 0 saturated carbocycles. The molecule has 3 aromatic carbocycles. The third-order valence-corrected chi connectivity index (χ3v) is 5.45. The highest BCUT2D eigenvalue weighted by atomic mass is 35.5. The van der Waals surface area contributed by atoms with E-state index in [1.165, 1.54) is 16.8 Å². The molecule has 0 N–H and O–H groups in total. The minimum atomic E-state index is -0.843. The van der Waals surface area contributed by atoms with E-state index in [0.29, 0.717) is 22.0 Å². The summed E-state index contributed by atoms with van der Waals surface area (Å²) in [6.45, 7) is 3.43. The van der Waals surface area contributed by atoms with Crippen molar-refractivity contribution in [3.63, 3.8) is 0 Å². The highest BCUT2D eigenvalue weighted by molar-refractivity contribution is 6.30. The van der Waals surface area contributed by atoms with Crippen molar-refractivity contribution in [3.8, 4) is 17.1 Å². The maximum absolute atomic E-state index is 13.5. The topological polar surface area (TPSA) is 74.1 Å². The van der Waals surface area contributed by atoms with Crippen LogP contribution in [0.5, 0.6) is 0 Å². The minimum Gasteiger partial charge on any atom is -0.451 e. The monoisotopic (exact) mass is 463 g/mol. The van der Waals surface area contributed by atoms with Crippen molar-refractivity contribution in [3.05, 3.63) is 100 Å². The Balaban J connectivity index is 1.65. The molecule has 4 rings (SSSR count). The average molecular weight is 464 g/mol. The number of rotatable bonds is 6. The maximum atomic E-state index is 13.5. The number of Topliss-reactive ketones (excluding diaryl/α,β-unsaturated/α-hetero) is 1. The summed E-state index contributed by atoms with van der Waals surface area (Å²) in [5.41, 5.74) is 3.64. The van der Waals surface area contributed by atoms with E-state index >= 15 is 0 Å². The Morgan fingerprint density at radius 2 is 1.70 bits per heavy atom. The van der Waals surface area contributed by atoms with Crippen molar-refractivity contribution in [2.75, 3.05) is 6.61 Å². The predicted molar refractivity (Wildman–Crippen MR) is 122 cm³/mol. The highest BCUT2D eigenvalue weighted by Crippen LogP contribution is 2.25. The number of carbonyl (C=O) groups excluding carboxylic acids is 2. The summed E-state index contributed by atoms with van der Waals surface area (Å²) in [5.74, 6) is -1.48. The summed E-state index contributed by atoms with van der Waals surface area (Å²) >= 11 is 5.84.